The Balaban J connectivity index is 3.54. The van der Waals surface area contributed by atoms with Gasteiger partial charge in [-0.3, -0.25) is 4.99 Å². The first-order valence-corrected chi connectivity index (χ1v) is 4.21. The van der Waals surface area contributed by atoms with Crippen LogP contribution in [0.4, 0.5) is 0 Å². The summed E-state index contributed by atoms with van der Waals surface area (Å²) in [5.41, 5.74) is 0. The summed E-state index contributed by atoms with van der Waals surface area (Å²) in [5.74, 6) is 0.578. The Kier molecular flexibility index (Phi) is 8.97. The summed E-state index contributed by atoms with van der Waals surface area (Å²) in [6, 6.07) is 0. The van der Waals surface area contributed by atoms with Crippen molar-refractivity contribution in [2.45, 2.75) is 0 Å². The molecule has 0 amide bonds. The van der Waals surface area contributed by atoms with Crippen LogP contribution in [-0.4, -0.2) is 58.1 Å². The summed E-state index contributed by atoms with van der Waals surface area (Å²) in [5, 5.41) is 11.8. The summed E-state index contributed by atoms with van der Waals surface area (Å²) in [7, 11) is 3.24. The number of aliphatic hydroxyl groups excluding tert-OH is 1. The van der Waals surface area contributed by atoms with Gasteiger partial charge in [-0.2, -0.15) is 0 Å². The first-order valence-electron chi connectivity index (χ1n) is 4.21. The van der Waals surface area contributed by atoms with Crippen LogP contribution in [0.2, 0.25) is 0 Å². The lowest BCUT2D eigenvalue weighted by molar-refractivity contribution is 0.202. The number of rotatable bonds is 7. The Labute approximate surface area is 78.8 Å². The average molecular weight is 190 g/mol. The molecule has 0 aliphatic heterocycles. The van der Waals surface area contributed by atoms with E-state index >= 15 is 0 Å². The molecule has 0 aliphatic rings. The van der Waals surface area contributed by atoms with E-state index in [1.807, 2.05) is 0 Å². The van der Waals surface area contributed by atoms with Crippen LogP contribution < -0.4 is 5.32 Å². The maximum absolute atomic E-state index is 8.85. The topological polar surface area (TPSA) is 63.1 Å². The van der Waals surface area contributed by atoms with Gasteiger partial charge in [-0.1, -0.05) is 0 Å². The molecule has 0 heterocycles. The highest BCUT2D eigenvalue weighted by Crippen LogP contribution is 1.77. The van der Waals surface area contributed by atoms with Crippen molar-refractivity contribution < 1.29 is 14.6 Å². The van der Waals surface area contributed by atoms with E-state index in [2.05, 4.69) is 10.3 Å². The molecular formula is C8H18N2O3. The van der Waals surface area contributed by atoms with Crippen molar-refractivity contribution in [2.24, 2.45) is 4.99 Å². The number of hydrogen-bond acceptors (Lipinski definition) is 4. The highest BCUT2D eigenvalue weighted by atomic mass is 16.5. The molecule has 13 heavy (non-hydrogen) atoms. The van der Waals surface area contributed by atoms with Crippen molar-refractivity contribution >= 4 is 5.84 Å². The van der Waals surface area contributed by atoms with Gasteiger partial charge >= 0.3 is 0 Å². The lowest BCUT2D eigenvalue weighted by atomic mass is 10.5. The number of hydrogen-bond donors (Lipinski definition) is 2. The monoisotopic (exact) mass is 190 g/mol. The molecule has 0 bridgehead atoms. The van der Waals surface area contributed by atoms with Crippen LogP contribution >= 0.6 is 0 Å². The minimum Gasteiger partial charge on any atom is -0.388 e. The molecule has 5 nitrogen and oxygen atoms in total. The van der Waals surface area contributed by atoms with Crippen molar-refractivity contribution in [1.82, 2.24) is 5.32 Å². The smallest absolute Gasteiger partial charge is 0.122 e. The molecule has 2 N–H and O–H groups in total. The first kappa shape index (κ1) is 12.3. The number of nitrogens with one attached hydrogen (secondary N) is 1. The molecule has 5 heteroatoms. The van der Waals surface area contributed by atoms with Crippen LogP contribution in [-0.2, 0) is 9.47 Å². The van der Waals surface area contributed by atoms with E-state index in [0.29, 0.717) is 32.1 Å². The van der Waals surface area contributed by atoms with Crippen molar-refractivity contribution in [1.29, 1.82) is 0 Å². The van der Waals surface area contributed by atoms with E-state index in [9.17, 15) is 0 Å². The third-order valence-electron chi connectivity index (χ3n) is 1.38. The number of methoxy groups -OCH3 is 2. The molecule has 0 aliphatic carbocycles. The molecule has 0 spiro atoms. The van der Waals surface area contributed by atoms with Gasteiger partial charge in [0, 0.05) is 20.8 Å². The predicted octanol–water partition coefficient (Wildman–Crippen LogP) is -0.740. The molecule has 78 valence electrons. The second-order valence-electron chi connectivity index (χ2n) is 2.40. The van der Waals surface area contributed by atoms with Gasteiger partial charge in [0.15, 0.2) is 0 Å². The largest absolute Gasteiger partial charge is 0.388 e. The second kappa shape index (κ2) is 9.44. The SMILES string of the molecule is COCCN=C(CO)NCCOC. The van der Waals surface area contributed by atoms with Crippen LogP contribution in [0.1, 0.15) is 0 Å². The van der Waals surface area contributed by atoms with E-state index in [4.69, 9.17) is 14.6 Å². The summed E-state index contributed by atoms with van der Waals surface area (Å²) in [6.45, 7) is 2.31. The lowest BCUT2D eigenvalue weighted by Crippen LogP contribution is -2.30. The molecule has 0 saturated carbocycles. The van der Waals surface area contributed by atoms with E-state index in [-0.39, 0.29) is 6.61 Å². The molecule has 0 aromatic heterocycles. The zero-order valence-corrected chi connectivity index (χ0v) is 8.25. The number of amidine groups is 1. The quantitative estimate of drug-likeness (QED) is 0.315. The minimum absolute atomic E-state index is 0.0760. The van der Waals surface area contributed by atoms with Crippen LogP contribution in [0.5, 0.6) is 0 Å². The van der Waals surface area contributed by atoms with Crippen molar-refractivity contribution in [3.05, 3.63) is 0 Å². The van der Waals surface area contributed by atoms with Gasteiger partial charge in [-0.05, 0) is 0 Å². The average Bonchev–Trinajstić information content (AvgIpc) is 2.16. The number of aliphatic imine (C=N–C) groups is 1. The van der Waals surface area contributed by atoms with Crippen LogP contribution in [0.15, 0.2) is 4.99 Å². The molecule has 0 radical (unpaired) electrons. The predicted molar refractivity (Wildman–Crippen MR) is 51.1 cm³/mol. The van der Waals surface area contributed by atoms with Gasteiger partial charge in [-0.25, -0.2) is 0 Å². The zero-order chi connectivity index (χ0) is 9.94. The Hall–Kier alpha value is -0.650. The van der Waals surface area contributed by atoms with Crippen molar-refractivity contribution in [2.75, 3.05) is 47.1 Å². The van der Waals surface area contributed by atoms with Crippen molar-refractivity contribution in [3.8, 4) is 0 Å². The van der Waals surface area contributed by atoms with Gasteiger partial charge in [0.05, 0.1) is 19.8 Å². The standard InChI is InChI=1S/C8H18N2O3/c1-12-5-3-9-8(7-11)10-4-6-13-2/h11H,3-7H2,1-2H3,(H,9,10). The highest BCUT2D eigenvalue weighted by molar-refractivity contribution is 5.83. The Bertz CT molecular complexity index is 139. The van der Waals surface area contributed by atoms with E-state index in [1.54, 1.807) is 14.2 Å². The fraction of sp³-hybridized carbons (Fsp3) is 0.875. The molecular weight excluding hydrogens is 172 g/mol. The van der Waals surface area contributed by atoms with E-state index < -0.39 is 0 Å². The van der Waals surface area contributed by atoms with Crippen LogP contribution in [0, 0.1) is 0 Å². The third kappa shape index (κ3) is 7.70. The number of nitrogens with zero attached hydrogens (tertiary/aromatic N) is 1. The second-order valence-corrected chi connectivity index (χ2v) is 2.40. The zero-order valence-electron chi connectivity index (χ0n) is 8.25. The van der Waals surface area contributed by atoms with Gasteiger partial charge in [0.1, 0.15) is 12.4 Å². The van der Waals surface area contributed by atoms with Crippen LogP contribution in [0.25, 0.3) is 0 Å². The summed E-state index contributed by atoms with van der Waals surface area (Å²) >= 11 is 0. The fourth-order valence-corrected chi connectivity index (χ4v) is 0.731. The molecule has 0 saturated heterocycles. The molecule has 0 aromatic rings. The maximum atomic E-state index is 8.85. The molecule has 0 rings (SSSR count). The Morgan fingerprint density at radius 2 is 2.00 bits per heavy atom. The third-order valence-corrected chi connectivity index (χ3v) is 1.38. The fourth-order valence-electron chi connectivity index (χ4n) is 0.731. The highest BCUT2D eigenvalue weighted by Gasteiger charge is 1.94. The molecule has 0 aromatic carbocycles. The van der Waals surface area contributed by atoms with Gasteiger partial charge in [0.25, 0.3) is 0 Å². The lowest BCUT2D eigenvalue weighted by Gasteiger charge is -2.06. The maximum Gasteiger partial charge on any atom is 0.122 e. The van der Waals surface area contributed by atoms with E-state index in [1.165, 1.54) is 0 Å². The van der Waals surface area contributed by atoms with Gasteiger partial charge in [-0.15, -0.1) is 0 Å². The summed E-state index contributed by atoms with van der Waals surface area (Å²) in [6.07, 6.45) is 0. The van der Waals surface area contributed by atoms with Gasteiger partial charge < -0.3 is 19.9 Å². The minimum atomic E-state index is -0.0760. The Morgan fingerprint density at radius 1 is 1.31 bits per heavy atom. The molecule has 0 fully saturated rings. The number of aliphatic hydroxyl groups is 1. The van der Waals surface area contributed by atoms with E-state index in [0.717, 1.165) is 0 Å². The molecule has 0 unspecified atom stereocenters. The molecule has 0 atom stereocenters. The van der Waals surface area contributed by atoms with Crippen LogP contribution in [0.3, 0.4) is 0 Å². The summed E-state index contributed by atoms with van der Waals surface area (Å²) < 4.78 is 9.66. The van der Waals surface area contributed by atoms with Gasteiger partial charge in [0.2, 0.25) is 0 Å². The Morgan fingerprint density at radius 3 is 2.54 bits per heavy atom. The number of ether oxygens (including phenoxy) is 2. The van der Waals surface area contributed by atoms with Crippen molar-refractivity contribution in [3.63, 3.8) is 0 Å². The normalized spacial score (nSPS) is 11.8. The summed E-state index contributed by atoms with van der Waals surface area (Å²) in [4.78, 5) is 4.08. The first-order chi connectivity index (χ1) is 6.35.